The second kappa shape index (κ2) is 10.1. The van der Waals surface area contributed by atoms with Gasteiger partial charge in [-0.15, -0.1) is 0 Å². The largest absolute Gasteiger partial charge is 0.395 e. The molecule has 1 N–H and O–H groups in total. The number of aryl methyl sites for hydroxylation is 1. The van der Waals surface area contributed by atoms with Crippen LogP contribution in [-0.2, 0) is 0 Å². The summed E-state index contributed by atoms with van der Waals surface area (Å²) in [5.74, 6) is 0.364. The van der Waals surface area contributed by atoms with Crippen LogP contribution in [0.2, 0.25) is 0 Å². The summed E-state index contributed by atoms with van der Waals surface area (Å²) in [7, 11) is 0. The number of anilines is 1. The van der Waals surface area contributed by atoms with E-state index in [0.29, 0.717) is 23.5 Å². The van der Waals surface area contributed by atoms with Crippen LogP contribution in [-0.4, -0.2) is 102 Å². The molecular formula is C23H35N5O3. The molecule has 3 aliphatic heterocycles. The van der Waals surface area contributed by atoms with Gasteiger partial charge in [0.05, 0.1) is 17.7 Å². The Labute approximate surface area is 184 Å². The summed E-state index contributed by atoms with van der Waals surface area (Å²) in [4.78, 5) is 39.2. The lowest BCUT2D eigenvalue weighted by atomic mass is 10.1. The van der Waals surface area contributed by atoms with E-state index in [1.54, 1.807) is 6.07 Å². The Morgan fingerprint density at radius 3 is 2.19 bits per heavy atom. The number of aliphatic hydroxyl groups excluding tert-OH is 1. The lowest BCUT2D eigenvalue weighted by molar-refractivity contribution is 0.0647. The third kappa shape index (κ3) is 4.91. The van der Waals surface area contributed by atoms with Crippen LogP contribution < -0.4 is 4.90 Å². The van der Waals surface area contributed by atoms with E-state index < -0.39 is 0 Å². The Kier molecular flexibility index (Phi) is 7.20. The summed E-state index contributed by atoms with van der Waals surface area (Å²) in [5, 5.41) is 9.05. The van der Waals surface area contributed by atoms with E-state index in [1.165, 1.54) is 11.3 Å². The zero-order valence-electron chi connectivity index (χ0n) is 18.7. The number of nitrogens with zero attached hydrogens (tertiary/aromatic N) is 5. The minimum atomic E-state index is -0.175. The Morgan fingerprint density at radius 1 is 0.871 bits per heavy atom. The minimum absolute atomic E-state index is 0.165. The Morgan fingerprint density at radius 2 is 1.52 bits per heavy atom. The number of hydrogen-bond acceptors (Lipinski definition) is 7. The Bertz CT molecular complexity index is 801. The van der Waals surface area contributed by atoms with Crippen molar-refractivity contribution in [1.82, 2.24) is 19.7 Å². The molecule has 2 fully saturated rings. The quantitative estimate of drug-likeness (QED) is 0.494. The number of β-amino-alcohol motifs (C(OH)–C–C–N with tert-alkyl or cyclic N) is 1. The highest BCUT2D eigenvalue weighted by Crippen LogP contribution is 2.32. The van der Waals surface area contributed by atoms with Gasteiger partial charge in [0.1, 0.15) is 5.82 Å². The summed E-state index contributed by atoms with van der Waals surface area (Å²) < 4.78 is 0. The second-order valence-corrected chi connectivity index (χ2v) is 8.93. The minimum Gasteiger partial charge on any atom is -0.395 e. The molecule has 1 aromatic rings. The van der Waals surface area contributed by atoms with Gasteiger partial charge in [0.2, 0.25) is 0 Å². The number of amides is 2. The summed E-state index contributed by atoms with van der Waals surface area (Å²) in [5.41, 5.74) is 1.83. The van der Waals surface area contributed by atoms with E-state index in [2.05, 4.69) is 19.7 Å². The molecule has 170 valence electrons. The van der Waals surface area contributed by atoms with Gasteiger partial charge >= 0.3 is 0 Å². The number of piperazine rings is 1. The van der Waals surface area contributed by atoms with E-state index in [1.807, 2.05) is 6.92 Å². The van der Waals surface area contributed by atoms with Crippen LogP contribution in [0, 0.1) is 6.92 Å². The van der Waals surface area contributed by atoms with E-state index in [0.717, 1.165) is 83.7 Å². The summed E-state index contributed by atoms with van der Waals surface area (Å²) in [6, 6.07) is 1.77. The standard InChI is InChI=1S/C23H35N5O3/c1-18-17-19-20(21(24-18)27-8-3-2-4-9-27)23(31)28(22(19)30)10-6-5-7-25-11-13-26(14-12-25)15-16-29/h17,29H,2-16H2,1H3. The van der Waals surface area contributed by atoms with Crippen LogP contribution in [0.15, 0.2) is 6.07 Å². The maximum atomic E-state index is 13.2. The summed E-state index contributed by atoms with van der Waals surface area (Å²) in [6.45, 7) is 10.1. The fraction of sp³-hybridized carbons (Fsp3) is 0.696. The molecule has 8 nitrogen and oxygen atoms in total. The van der Waals surface area contributed by atoms with Crippen LogP contribution in [0.5, 0.6) is 0 Å². The Hall–Kier alpha value is -2.03. The topological polar surface area (TPSA) is 80.2 Å². The molecule has 0 atom stereocenters. The molecule has 0 unspecified atom stereocenters. The highest BCUT2D eigenvalue weighted by atomic mass is 16.3. The summed E-state index contributed by atoms with van der Waals surface area (Å²) >= 11 is 0. The number of rotatable bonds is 8. The molecule has 0 bridgehead atoms. The number of imide groups is 1. The van der Waals surface area contributed by atoms with Crippen LogP contribution in [0.4, 0.5) is 5.82 Å². The van der Waals surface area contributed by atoms with Gasteiger partial charge < -0.3 is 14.9 Å². The molecule has 0 saturated carbocycles. The maximum absolute atomic E-state index is 13.2. The maximum Gasteiger partial charge on any atom is 0.265 e. The number of hydrogen-bond donors (Lipinski definition) is 1. The number of carbonyl (C=O) groups excluding carboxylic acids is 2. The van der Waals surface area contributed by atoms with Crippen LogP contribution in [0.1, 0.15) is 58.5 Å². The number of unbranched alkanes of at least 4 members (excludes halogenated alkanes) is 1. The monoisotopic (exact) mass is 429 g/mol. The molecule has 3 aliphatic rings. The first-order valence-electron chi connectivity index (χ1n) is 11.8. The average molecular weight is 430 g/mol. The molecule has 31 heavy (non-hydrogen) atoms. The average Bonchev–Trinajstić information content (AvgIpc) is 3.02. The fourth-order valence-corrected chi connectivity index (χ4v) is 4.93. The normalized spacial score (nSPS) is 20.6. The molecule has 4 heterocycles. The van der Waals surface area contributed by atoms with Gasteiger partial charge in [-0.05, 0) is 51.6 Å². The molecule has 1 aromatic heterocycles. The van der Waals surface area contributed by atoms with Crippen molar-refractivity contribution in [2.45, 2.75) is 39.0 Å². The van der Waals surface area contributed by atoms with E-state index in [-0.39, 0.29) is 18.4 Å². The van der Waals surface area contributed by atoms with Crippen LogP contribution >= 0.6 is 0 Å². The third-order valence-electron chi connectivity index (χ3n) is 6.71. The van der Waals surface area contributed by atoms with E-state index in [4.69, 9.17) is 5.11 Å². The van der Waals surface area contributed by atoms with Crippen molar-refractivity contribution in [3.63, 3.8) is 0 Å². The highest BCUT2D eigenvalue weighted by Gasteiger charge is 2.39. The summed E-state index contributed by atoms with van der Waals surface area (Å²) in [6.07, 6.45) is 5.19. The molecule has 0 aliphatic carbocycles. The number of pyridine rings is 1. The van der Waals surface area contributed by atoms with Crippen LogP contribution in [0.3, 0.4) is 0 Å². The molecule has 4 rings (SSSR count). The van der Waals surface area contributed by atoms with E-state index in [9.17, 15) is 9.59 Å². The number of piperidine rings is 1. The number of aromatic nitrogens is 1. The van der Waals surface area contributed by atoms with Gasteiger partial charge in [0.25, 0.3) is 11.8 Å². The fourth-order valence-electron chi connectivity index (χ4n) is 4.93. The molecular weight excluding hydrogens is 394 g/mol. The molecule has 8 heteroatoms. The van der Waals surface area contributed by atoms with Gasteiger partial charge in [0, 0.05) is 58.1 Å². The first kappa shape index (κ1) is 22.2. The first-order valence-corrected chi connectivity index (χ1v) is 11.8. The molecule has 2 saturated heterocycles. The first-order chi connectivity index (χ1) is 15.1. The van der Waals surface area contributed by atoms with Gasteiger partial charge in [-0.3, -0.25) is 19.4 Å². The molecule has 0 radical (unpaired) electrons. The lowest BCUT2D eigenvalue weighted by Crippen LogP contribution is -2.47. The van der Waals surface area contributed by atoms with Gasteiger partial charge in [-0.1, -0.05) is 0 Å². The zero-order valence-corrected chi connectivity index (χ0v) is 18.7. The van der Waals surface area contributed by atoms with Crippen molar-refractivity contribution >= 4 is 17.6 Å². The predicted molar refractivity (Wildman–Crippen MR) is 120 cm³/mol. The second-order valence-electron chi connectivity index (χ2n) is 8.93. The smallest absolute Gasteiger partial charge is 0.265 e. The van der Waals surface area contributed by atoms with Crippen molar-refractivity contribution in [3.05, 3.63) is 22.9 Å². The zero-order chi connectivity index (χ0) is 21.8. The lowest BCUT2D eigenvalue weighted by Gasteiger charge is -2.34. The Balaban J connectivity index is 1.33. The van der Waals surface area contributed by atoms with Gasteiger partial charge in [-0.25, -0.2) is 4.98 Å². The number of fused-ring (bicyclic) bond motifs is 1. The van der Waals surface area contributed by atoms with E-state index >= 15 is 0 Å². The SMILES string of the molecule is Cc1cc2c(c(N3CCCCC3)n1)C(=O)N(CCCCN1CCN(CCO)CC1)C2=O. The van der Waals surface area contributed by atoms with Gasteiger partial charge in [-0.2, -0.15) is 0 Å². The van der Waals surface area contributed by atoms with Gasteiger partial charge in [0.15, 0.2) is 0 Å². The third-order valence-corrected chi connectivity index (χ3v) is 6.71. The van der Waals surface area contributed by atoms with Crippen molar-refractivity contribution in [2.75, 3.05) is 70.4 Å². The number of aliphatic hydroxyl groups is 1. The van der Waals surface area contributed by atoms with Crippen molar-refractivity contribution in [3.8, 4) is 0 Å². The van der Waals surface area contributed by atoms with Crippen molar-refractivity contribution in [2.24, 2.45) is 0 Å². The predicted octanol–water partition coefficient (Wildman–Crippen LogP) is 1.37. The molecule has 2 amide bonds. The number of carbonyl (C=O) groups is 2. The van der Waals surface area contributed by atoms with Crippen LogP contribution in [0.25, 0.3) is 0 Å². The van der Waals surface area contributed by atoms with Crippen molar-refractivity contribution < 1.29 is 14.7 Å². The highest BCUT2D eigenvalue weighted by molar-refractivity contribution is 6.23. The van der Waals surface area contributed by atoms with Crippen molar-refractivity contribution in [1.29, 1.82) is 0 Å². The molecule has 0 spiro atoms. The molecule has 0 aromatic carbocycles.